The highest BCUT2D eigenvalue weighted by molar-refractivity contribution is 5.85. The van der Waals surface area contributed by atoms with Gasteiger partial charge in [0.1, 0.15) is 0 Å². The topological polar surface area (TPSA) is 46.3 Å². The summed E-state index contributed by atoms with van der Waals surface area (Å²) in [5.41, 5.74) is 6.10. The second-order valence-electron chi connectivity index (χ2n) is 6.67. The molecule has 2 N–H and O–H groups in total. The van der Waals surface area contributed by atoms with Crippen LogP contribution in [0.4, 0.5) is 0 Å². The summed E-state index contributed by atoms with van der Waals surface area (Å²) in [5, 5.41) is 0. The second-order valence-corrected chi connectivity index (χ2v) is 6.67. The van der Waals surface area contributed by atoms with Crippen LogP contribution < -0.4 is 5.73 Å². The average Bonchev–Trinajstić information content (AvgIpc) is 3.22. The van der Waals surface area contributed by atoms with Gasteiger partial charge < -0.3 is 10.6 Å². The highest BCUT2D eigenvalue weighted by Crippen LogP contribution is 2.40. The molecule has 3 atom stereocenters. The van der Waals surface area contributed by atoms with E-state index in [9.17, 15) is 4.79 Å². The Morgan fingerprint density at radius 1 is 1.21 bits per heavy atom. The molecule has 4 heteroatoms. The fraction of sp³-hybridized carbons (Fsp3) is 0.933. The summed E-state index contributed by atoms with van der Waals surface area (Å²) in [4.78, 5) is 14.8. The van der Waals surface area contributed by atoms with Crippen molar-refractivity contribution in [1.82, 2.24) is 4.90 Å². The predicted octanol–water partition coefficient (Wildman–Crippen LogP) is 2.72. The van der Waals surface area contributed by atoms with Crippen LogP contribution in [-0.4, -0.2) is 28.9 Å². The first-order valence-corrected chi connectivity index (χ1v) is 7.73. The minimum Gasteiger partial charge on any atom is -0.337 e. The molecule has 0 saturated heterocycles. The molecule has 0 heterocycles. The Morgan fingerprint density at radius 2 is 1.89 bits per heavy atom. The third-order valence-corrected chi connectivity index (χ3v) is 5.13. The molecule has 0 aromatic heterocycles. The normalized spacial score (nSPS) is 31.7. The molecule has 1 amide bonds. The standard InChI is InChI=1S/C15H26N2O.ClH/c1-10(11-5-6-11)17(13-7-8-13)15(18)9-12-3-2-4-14(12)16;/h10-14H,2-9,16H2,1H3;1H/t10?,12-,14+;/m0./s1. The number of hydrogen-bond acceptors (Lipinski definition) is 2. The van der Waals surface area contributed by atoms with E-state index in [1.165, 1.54) is 32.1 Å². The number of halogens is 1. The van der Waals surface area contributed by atoms with Crippen LogP contribution in [0.5, 0.6) is 0 Å². The van der Waals surface area contributed by atoms with Gasteiger partial charge in [-0.15, -0.1) is 12.4 Å². The van der Waals surface area contributed by atoms with Crippen molar-refractivity contribution in [1.29, 1.82) is 0 Å². The molecule has 3 saturated carbocycles. The third-order valence-electron chi connectivity index (χ3n) is 5.13. The Balaban J connectivity index is 0.00000133. The largest absolute Gasteiger partial charge is 0.337 e. The first kappa shape index (κ1) is 15.1. The SMILES string of the molecule is CC(C1CC1)N(C(=O)C[C@@H]1CCC[C@H]1N)C1CC1.Cl. The highest BCUT2D eigenvalue weighted by Gasteiger charge is 2.42. The molecule has 3 aliphatic carbocycles. The summed E-state index contributed by atoms with van der Waals surface area (Å²) in [6.07, 6.45) is 9.26. The molecule has 0 bridgehead atoms. The van der Waals surface area contributed by atoms with Crippen LogP contribution >= 0.6 is 12.4 Å². The van der Waals surface area contributed by atoms with E-state index in [-0.39, 0.29) is 18.4 Å². The number of carbonyl (C=O) groups is 1. The maximum Gasteiger partial charge on any atom is 0.223 e. The first-order valence-electron chi connectivity index (χ1n) is 7.73. The molecule has 110 valence electrons. The van der Waals surface area contributed by atoms with Crippen LogP contribution in [0.3, 0.4) is 0 Å². The van der Waals surface area contributed by atoms with Crippen molar-refractivity contribution in [3.63, 3.8) is 0 Å². The molecule has 0 spiro atoms. The van der Waals surface area contributed by atoms with Crippen molar-refractivity contribution in [3.8, 4) is 0 Å². The lowest BCUT2D eigenvalue weighted by atomic mass is 9.98. The van der Waals surface area contributed by atoms with E-state index in [0.29, 0.717) is 30.3 Å². The van der Waals surface area contributed by atoms with Crippen molar-refractivity contribution in [2.24, 2.45) is 17.6 Å². The maximum absolute atomic E-state index is 12.6. The van der Waals surface area contributed by atoms with Crippen molar-refractivity contribution in [3.05, 3.63) is 0 Å². The van der Waals surface area contributed by atoms with Crippen molar-refractivity contribution in [2.75, 3.05) is 0 Å². The van der Waals surface area contributed by atoms with Gasteiger partial charge in [-0.05, 0) is 57.3 Å². The number of rotatable bonds is 5. The lowest BCUT2D eigenvalue weighted by Crippen LogP contribution is -2.43. The van der Waals surface area contributed by atoms with E-state index in [1.54, 1.807) is 0 Å². The summed E-state index contributed by atoms with van der Waals surface area (Å²) in [6, 6.07) is 1.31. The van der Waals surface area contributed by atoms with Crippen LogP contribution in [0.2, 0.25) is 0 Å². The molecule has 3 nitrogen and oxygen atoms in total. The zero-order chi connectivity index (χ0) is 12.7. The lowest BCUT2D eigenvalue weighted by Gasteiger charge is -2.31. The maximum atomic E-state index is 12.6. The molecule has 0 aromatic rings. The minimum atomic E-state index is 0. The second kappa shape index (κ2) is 6.01. The predicted molar refractivity (Wildman–Crippen MR) is 79.2 cm³/mol. The van der Waals surface area contributed by atoms with E-state index in [0.717, 1.165) is 18.8 Å². The summed E-state index contributed by atoms with van der Waals surface area (Å²) in [7, 11) is 0. The molecule has 0 aliphatic heterocycles. The van der Waals surface area contributed by atoms with Crippen molar-refractivity contribution in [2.45, 2.75) is 76.4 Å². The van der Waals surface area contributed by atoms with E-state index in [4.69, 9.17) is 5.73 Å². The Kier molecular flexibility index (Phi) is 4.78. The van der Waals surface area contributed by atoms with Gasteiger partial charge in [-0.2, -0.15) is 0 Å². The molecule has 0 radical (unpaired) electrons. The van der Waals surface area contributed by atoms with E-state index in [2.05, 4.69) is 11.8 Å². The Morgan fingerprint density at radius 3 is 2.37 bits per heavy atom. The van der Waals surface area contributed by atoms with Gasteiger partial charge in [-0.1, -0.05) is 6.42 Å². The zero-order valence-corrected chi connectivity index (χ0v) is 12.7. The lowest BCUT2D eigenvalue weighted by molar-refractivity contribution is -0.135. The van der Waals surface area contributed by atoms with Gasteiger partial charge in [0, 0.05) is 24.5 Å². The van der Waals surface area contributed by atoms with Crippen LogP contribution in [0.25, 0.3) is 0 Å². The number of nitrogens with two attached hydrogens (primary N) is 1. The number of amides is 1. The molecule has 1 unspecified atom stereocenters. The number of carbonyl (C=O) groups excluding carboxylic acids is 1. The van der Waals surface area contributed by atoms with Gasteiger partial charge in [0.25, 0.3) is 0 Å². The molecule has 3 rings (SSSR count). The quantitative estimate of drug-likeness (QED) is 0.845. The van der Waals surface area contributed by atoms with E-state index >= 15 is 0 Å². The molecule has 0 aromatic carbocycles. The number of hydrogen-bond donors (Lipinski definition) is 1. The molecular formula is C15H27ClN2O. The Labute approximate surface area is 122 Å². The Hall–Kier alpha value is -0.280. The highest BCUT2D eigenvalue weighted by atomic mass is 35.5. The van der Waals surface area contributed by atoms with Crippen molar-refractivity contribution < 1.29 is 4.79 Å². The summed E-state index contributed by atoms with van der Waals surface area (Å²) in [6.45, 7) is 2.25. The summed E-state index contributed by atoms with van der Waals surface area (Å²) < 4.78 is 0. The first-order chi connectivity index (χ1) is 8.66. The van der Waals surface area contributed by atoms with Crippen LogP contribution in [-0.2, 0) is 4.79 Å². The summed E-state index contributed by atoms with van der Waals surface area (Å²) in [5.74, 6) is 1.62. The smallest absolute Gasteiger partial charge is 0.223 e. The van der Waals surface area contributed by atoms with Gasteiger partial charge in [0.2, 0.25) is 5.91 Å². The molecular weight excluding hydrogens is 260 g/mol. The molecule has 3 fully saturated rings. The third kappa shape index (κ3) is 3.43. The van der Waals surface area contributed by atoms with Gasteiger partial charge in [0.05, 0.1) is 0 Å². The van der Waals surface area contributed by atoms with Crippen LogP contribution in [0.15, 0.2) is 0 Å². The van der Waals surface area contributed by atoms with Gasteiger partial charge in [-0.25, -0.2) is 0 Å². The molecule has 19 heavy (non-hydrogen) atoms. The van der Waals surface area contributed by atoms with Crippen LogP contribution in [0.1, 0.15) is 58.3 Å². The minimum absolute atomic E-state index is 0. The zero-order valence-electron chi connectivity index (χ0n) is 11.9. The fourth-order valence-corrected chi connectivity index (χ4v) is 3.57. The van der Waals surface area contributed by atoms with Gasteiger partial charge >= 0.3 is 0 Å². The Bertz CT molecular complexity index is 328. The fourth-order valence-electron chi connectivity index (χ4n) is 3.57. The van der Waals surface area contributed by atoms with Crippen LogP contribution in [0, 0.1) is 11.8 Å². The van der Waals surface area contributed by atoms with Gasteiger partial charge in [0.15, 0.2) is 0 Å². The van der Waals surface area contributed by atoms with Gasteiger partial charge in [-0.3, -0.25) is 4.79 Å². The average molecular weight is 287 g/mol. The van der Waals surface area contributed by atoms with Crippen molar-refractivity contribution >= 4 is 18.3 Å². The van der Waals surface area contributed by atoms with E-state index < -0.39 is 0 Å². The summed E-state index contributed by atoms with van der Waals surface area (Å²) >= 11 is 0. The number of nitrogens with zero attached hydrogens (tertiary/aromatic N) is 1. The molecule has 3 aliphatic rings. The monoisotopic (exact) mass is 286 g/mol. The van der Waals surface area contributed by atoms with E-state index in [1.807, 2.05) is 0 Å².